The molecule has 2 aromatic carbocycles. The van der Waals surface area contributed by atoms with Crippen LogP contribution in [0.25, 0.3) is 0 Å². The fraction of sp³-hybridized carbons (Fsp3) is 0.190. The fourth-order valence-electron chi connectivity index (χ4n) is 3.14. The Morgan fingerprint density at radius 3 is 2.68 bits per heavy atom. The lowest BCUT2D eigenvalue weighted by Gasteiger charge is -2.12. The van der Waals surface area contributed by atoms with Gasteiger partial charge in [-0.25, -0.2) is 4.79 Å². The molecule has 1 aliphatic heterocycles. The number of fused-ring (bicyclic) bond motifs is 1. The van der Waals surface area contributed by atoms with Crippen LogP contribution in [0.4, 0.5) is 5.69 Å². The average Bonchev–Trinajstić information content (AvgIpc) is 3.24. The lowest BCUT2D eigenvalue weighted by molar-refractivity contribution is 0.102. The van der Waals surface area contributed by atoms with Crippen molar-refractivity contribution in [2.75, 3.05) is 26.3 Å². The smallest absolute Gasteiger partial charge is 0.328 e. The van der Waals surface area contributed by atoms with E-state index in [0.717, 1.165) is 10.8 Å². The molecule has 160 valence electrons. The summed E-state index contributed by atoms with van der Waals surface area (Å²) in [5.74, 6) is 1.30. The summed E-state index contributed by atoms with van der Waals surface area (Å²) in [7, 11) is 2.94. The third kappa shape index (κ3) is 3.95. The van der Waals surface area contributed by atoms with Crippen LogP contribution < -0.4 is 35.5 Å². The van der Waals surface area contributed by atoms with Crippen molar-refractivity contribution < 1.29 is 23.7 Å². The first-order chi connectivity index (χ1) is 15.0. The number of H-pyrrole nitrogens is 1. The number of aromatic nitrogens is 2. The van der Waals surface area contributed by atoms with Gasteiger partial charge in [0.2, 0.25) is 6.79 Å². The molecule has 1 amide bonds. The molecule has 4 rings (SSSR count). The lowest BCUT2D eigenvalue weighted by Crippen LogP contribution is -2.39. The molecule has 0 spiro atoms. The van der Waals surface area contributed by atoms with Crippen molar-refractivity contribution in [3.63, 3.8) is 0 Å². The molecular weight excluding hydrogens is 406 g/mol. The Morgan fingerprint density at radius 2 is 1.90 bits per heavy atom. The van der Waals surface area contributed by atoms with E-state index < -0.39 is 17.2 Å². The highest BCUT2D eigenvalue weighted by Crippen LogP contribution is 2.32. The Hall–Kier alpha value is -4.21. The minimum atomic E-state index is -0.735. The van der Waals surface area contributed by atoms with Gasteiger partial charge in [-0.1, -0.05) is 6.07 Å². The van der Waals surface area contributed by atoms with Gasteiger partial charge in [-0.3, -0.25) is 14.2 Å². The molecule has 0 saturated carbocycles. The van der Waals surface area contributed by atoms with Gasteiger partial charge in [0.25, 0.3) is 11.5 Å². The number of rotatable bonds is 6. The van der Waals surface area contributed by atoms with Crippen molar-refractivity contribution in [2.24, 2.45) is 0 Å². The summed E-state index contributed by atoms with van der Waals surface area (Å²) in [5.41, 5.74) is -0.646. The Labute approximate surface area is 176 Å². The average molecular weight is 425 g/mol. The van der Waals surface area contributed by atoms with E-state index in [2.05, 4.69) is 10.3 Å². The van der Waals surface area contributed by atoms with Crippen LogP contribution in [0.2, 0.25) is 0 Å². The number of amides is 1. The van der Waals surface area contributed by atoms with E-state index >= 15 is 0 Å². The molecule has 3 aromatic rings. The maximum absolute atomic E-state index is 12.9. The molecule has 10 heteroatoms. The van der Waals surface area contributed by atoms with Gasteiger partial charge in [0.15, 0.2) is 11.5 Å². The number of anilines is 1. The number of nitrogens with one attached hydrogen (secondary N) is 2. The van der Waals surface area contributed by atoms with Gasteiger partial charge in [-0.2, -0.15) is 0 Å². The quantitative estimate of drug-likeness (QED) is 0.615. The van der Waals surface area contributed by atoms with Crippen LogP contribution in [0.15, 0.2) is 52.2 Å². The van der Waals surface area contributed by atoms with E-state index in [9.17, 15) is 14.4 Å². The number of carbonyl (C=O) groups excluding carboxylic acids is 1. The third-order valence-electron chi connectivity index (χ3n) is 4.74. The van der Waals surface area contributed by atoms with E-state index in [1.54, 1.807) is 36.4 Å². The van der Waals surface area contributed by atoms with Crippen LogP contribution in [-0.2, 0) is 6.54 Å². The van der Waals surface area contributed by atoms with Crippen molar-refractivity contribution >= 4 is 11.6 Å². The summed E-state index contributed by atoms with van der Waals surface area (Å²) >= 11 is 0. The summed E-state index contributed by atoms with van der Waals surface area (Å²) in [4.78, 5) is 40.4. The van der Waals surface area contributed by atoms with Crippen LogP contribution in [0.3, 0.4) is 0 Å². The van der Waals surface area contributed by atoms with E-state index in [1.807, 2.05) is 0 Å². The largest absolute Gasteiger partial charge is 0.497 e. The van der Waals surface area contributed by atoms with Crippen molar-refractivity contribution in [2.45, 2.75) is 6.54 Å². The minimum Gasteiger partial charge on any atom is -0.497 e. The summed E-state index contributed by atoms with van der Waals surface area (Å²) in [6.45, 7) is 0.0666. The Balaban J connectivity index is 1.64. The molecule has 1 aliphatic rings. The monoisotopic (exact) mass is 425 g/mol. The maximum atomic E-state index is 12.9. The predicted octanol–water partition coefficient (Wildman–Crippen LogP) is 1.58. The Kier molecular flexibility index (Phi) is 5.35. The zero-order valence-corrected chi connectivity index (χ0v) is 16.8. The molecule has 0 fully saturated rings. The lowest BCUT2D eigenvalue weighted by atomic mass is 10.2. The summed E-state index contributed by atoms with van der Waals surface area (Å²) in [6.07, 6.45) is 1.09. The number of hydrogen-bond acceptors (Lipinski definition) is 7. The molecule has 0 unspecified atom stereocenters. The highest BCUT2D eigenvalue weighted by atomic mass is 16.7. The van der Waals surface area contributed by atoms with Gasteiger partial charge in [-0.05, 0) is 29.8 Å². The molecule has 0 aliphatic carbocycles. The highest BCUT2D eigenvalue weighted by Gasteiger charge is 2.18. The third-order valence-corrected chi connectivity index (χ3v) is 4.74. The number of carbonyl (C=O) groups is 1. The van der Waals surface area contributed by atoms with Crippen LogP contribution in [-0.4, -0.2) is 36.5 Å². The molecule has 0 saturated heterocycles. The zero-order chi connectivity index (χ0) is 22.0. The van der Waals surface area contributed by atoms with Crippen LogP contribution >= 0.6 is 0 Å². The maximum Gasteiger partial charge on any atom is 0.328 e. The normalized spacial score (nSPS) is 11.8. The van der Waals surface area contributed by atoms with Gasteiger partial charge >= 0.3 is 5.69 Å². The van der Waals surface area contributed by atoms with Crippen molar-refractivity contribution in [1.29, 1.82) is 0 Å². The SMILES string of the molecule is COc1ccc(OC)c(NC(=O)c2c[nH]c(=O)n(Cc3ccc4c(c3)OCO4)c2=O)c1. The van der Waals surface area contributed by atoms with Gasteiger partial charge in [-0.15, -0.1) is 0 Å². The van der Waals surface area contributed by atoms with Crippen molar-refractivity contribution in [3.8, 4) is 23.0 Å². The fourth-order valence-corrected chi connectivity index (χ4v) is 3.14. The number of aromatic amines is 1. The van der Waals surface area contributed by atoms with E-state index in [-0.39, 0.29) is 18.9 Å². The number of benzene rings is 2. The molecule has 0 atom stereocenters. The molecule has 2 N–H and O–H groups in total. The molecule has 0 radical (unpaired) electrons. The molecule has 2 heterocycles. The standard InChI is InChI=1S/C21H19N3O7/c1-28-13-4-6-16(29-2)15(8-13)23-19(25)14-9-22-21(27)24(20(14)26)10-12-3-5-17-18(7-12)31-11-30-17/h3-9H,10-11H2,1-2H3,(H,22,27)(H,23,25). The number of nitrogens with zero attached hydrogens (tertiary/aromatic N) is 1. The van der Waals surface area contributed by atoms with Crippen LogP contribution in [0.1, 0.15) is 15.9 Å². The molecular formula is C21H19N3O7. The van der Waals surface area contributed by atoms with E-state index in [4.69, 9.17) is 18.9 Å². The summed E-state index contributed by atoms with van der Waals surface area (Å²) < 4.78 is 21.9. The first-order valence-corrected chi connectivity index (χ1v) is 9.24. The Bertz CT molecular complexity index is 1260. The number of hydrogen-bond donors (Lipinski definition) is 2. The van der Waals surface area contributed by atoms with Crippen molar-refractivity contribution in [3.05, 3.63) is 74.6 Å². The van der Waals surface area contributed by atoms with Gasteiger partial charge in [0.1, 0.15) is 17.1 Å². The van der Waals surface area contributed by atoms with Gasteiger partial charge in [0.05, 0.1) is 26.5 Å². The minimum absolute atomic E-state index is 0.0472. The predicted molar refractivity (Wildman–Crippen MR) is 110 cm³/mol. The van der Waals surface area contributed by atoms with Crippen LogP contribution in [0.5, 0.6) is 23.0 Å². The first-order valence-electron chi connectivity index (χ1n) is 9.24. The van der Waals surface area contributed by atoms with E-state index in [1.165, 1.54) is 14.2 Å². The van der Waals surface area contributed by atoms with E-state index in [0.29, 0.717) is 34.2 Å². The Morgan fingerprint density at radius 1 is 1.10 bits per heavy atom. The second-order valence-electron chi connectivity index (χ2n) is 6.61. The van der Waals surface area contributed by atoms with Crippen molar-refractivity contribution in [1.82, 2.24) is 9.55 Å². The number of methoxy groups -OCH3 is 2. The highest BCUT2D eigenvalue weighted by molar-refractivity contribution is 6.04. The summed E-state index contributed by atoms with van der Waals surface area (Å²) in [6, 6.07) is 9.96. The second kappa shape index (κ2) is 8.27. The topological polar surface area (TPSA) is 121 Å². The zero-order valence-electron chi connectivity index (χ0n) is 16.8. The molecule has 0 bridgehead atoms. The first kappa shape index (κ1) is 20.1. The molecule has 10 nitrogen and oxygen atoms in total. The van der Waals surface area contributed by atoms with Gasteiger partial charge in [0, 0.05) is 12.3 Å². The molecule has 1 aromatic heterocycles. The van der Waals surface area contributed by atoms with Gasteiger partial charge < -0.3 is 29.2 Å². The molecule has 31 heavy (non-hydrogen) atoms. The van der Waals surface area contributed by atoms with Crippen LogP contribution in [0, 0.1) is 0 Å². The number of ether oxygens (including phenoxy) is 4. The summed E-state index contributed by atoms with van der Waals surface area (Å²) in [5, 5.41) is 2.62. The second-order valence-corrected chi connectivity index (χ2v) is 6.61.